The Labute approximate surface area is 122 Å². The molecule has 0 bridgehead atoms. The molecule has 0 aliphatic carbocycles. The van der Waals surface area contributed by atoms with Crippen molar-refractivity contribution < 1.29 is 14.6 Å². The summed E-state index contributed by atoms with van der Waals surface area (Å²) >= 11 is 0. The number of aromatic nitrogens is 2. The molecule has 21 heavy (non-hydrogen) atoms. The number of fused-ring (bicyclic) bond motifs is 3. The normalized spacial score (nSPS) is 20.4. The van der Waals surface area contributed by atoms with Crippen LogP contribution in [0.2, 0.25) is 0 Å². The fourth-order valence-electron chi connectivity index (χ4n) is 2.64. The summed E-state index contributed by atoms with van der Waals surface area (Å²) in [5.74, 6) is 1.31. The molecule has 1 N–H and O–H groups in total. The van der Waals surface area contributed by atoms with Gasteiger partial charge in [0.05, 0.1) is 24.5 Å². The van der Waals surface area contributed by atoms with E-state index in [2.05, 4.69) is 14.9 Å². The van der Waals surface area contributed by atoms with Crippen LogP contribution >= 0.6 is 0 Å². The first-order valence-corrected chi connectivity index (χ1v) is 6.97. The number of hydrogen-bond acceptors (Lipinski definition) is 6. The molecule has 2 aromatic rings. The summed E-state index contributed by atoms with van der Waals surface area (Å²) in [5.41, 5.74) is 2.22. The zero-order valence-electron chi connectivity index (χ0n) is 11.4. The Hall–Kier alpha value is -2.18. The van der Waals surface area contributed by atoms with Crippen molar-refractivity contribution in [3.8, 4) is 17.0 Å². The molecule has 0 saturated carbocycles. The molecule has 6 heteroatoms. The highest BCUT2D eigenvalue weighted by molar-refractivity contribution is 5.72. The van der Waals surface area contributed by atoms with Crippen molar-refractivity contribution in [2.75, 3.05) is 31.2 Å². The summed E-state index contributed by atoms with van der Waals surface area (Å²) in [7, 11) is 0. The zero-order chi connectivity index (χ0) is 14.2. The SMILES string of the molecule is OC1Oc2ccccc2-c2nc(N3CCOCC3)ncc21. The van der Waals surface area contributed by atoms with Gasteiger partial charge >= 0.3 is 0 Å². The van der Waals surface area contributed by atoms with E-state index in [0.717, 1.165) is 24.3 Å². The summed E-state index contributed by atoms with van der Waals surface area (Å²) in [6.45, 7) is 2.92. The van der Waals surface area contributed by atoms with Gasteiger partial charge in [-0.1, -0.05) is 12.1 Å². The van der Waals surface area contributed by atoms with Crippen molar-refractivity contribution in [2.24, 2.45) is 0 Å². The van der Waals surface area contributed by atoms with Gasteiger partial charge in [0.2, 0.25) is 12.2 Å². The van der Waals surface area contributed by atoms with E-state index < -0.39 is 6.29 Å². The third-order valence-corrected chi connectivity index (χ3v) is 3.75. The summed E-state index contributed by atoms with van der Waals surface area (Å²) in [6.07, 6.45) is 0.627. The highest BCUT2D eigenvalue weighted by atomic mass is 16.6. The molecule has 1 aromatic heterocycles. The number of aliphatic hydroxyl groups excluding tert-OH is 1. The second-order valence-electron chi connectivity index (χ2n) is 5.04. The molecule has 0 amide bonds. The minimum atomic E-state index is -1.02. The maximum atomic E-state index is 10.1. The van der Waals surface area contributed by atoms with Gasteiger partial charge in [-0.2, -0.15) is 0 Å². The Bertz CT molecular complexity index is 671. The van der Waals surface area contributed by atoms with Crippen molar-refractivity contribution in [1.82, 2.24) is 9.97 Å². The van der Waals surface area contributed by atoms with E-state index >= 15 is 0 Å². The molecule has 0 spiro atoms. The molecule has 0 radical (unpaired) electrons. The van der Waals surface area contributed by atoms with E-state index in [0.29, 0.717) is 30.5 Å². The molecule has 1 aromatic carbocycles. The molecule has 108 valence electrons. The monoisotopic (exact) mass is 285 g/mol. The highest BCUT2D eigenvalue weighted by Crippen LogP contribution is 2.40. The van der Waals surface area contributed by atoms with Crippen LogP contribution in [-0.4, -0.2) is 41.4 Å². The summed E-state index contributed by atoms with van der Waals surface area (Å²) < 4.78 is 10.8. The number of nitrogens with zero attached hydrogens (tertiary/aromatic N) is 3. The number of benzene rings is 1. The maximum absolute atomic E-state index is 10.1. The number of hydrogen-bond donors (Lipinski definition) is 1. The largest absolute Gasteiger partial charge is 0.460 e. The van der Waals surface area contributed by atoms with Crippen LogP contribution in [0.4, 0.5) is 5.95 Å². The predicted octanol–water partition coefficient (Wildman–Crippen LogP) is 1.36. The second kappa shape index (κ2) is 4.98. The van der Waals surface area contributed by atoms with Gasteiger partial charge in [0.1, 0.15) is 5.75 Å². The Balaban J connectivity index is 1.80. The lowest BCUT2D eigenvalue weighted by molar-refractivity contribution is -0.0219. The zero-order valence-corrected chi connectivity index (χ0v) is 11.4. The molecule has 1 saturated heterocycles. The van der Waals surface area contributed by atoms with Gasteiger partial charge < -0.3 is 19.5 Å². The van der Waals surface area contributed by atoms with Gasteiger partial charge in [-0.3, -0.25) is 0 Å². The number of aliphatic hydroxyl groups is 1. The van der Waals surface area contributed by atoms with Crippen LogP contribution in [0.1, 0.15) is 11.9 Å². The third kappa shape index (κ3) is 2.12. The first kappa shape index (κ1) is 12.6. The van der Waals surface area contributed by atoms with E-state index in [1.807, 2.05) is 24.3 Å². The lowest BCUT2D eigenvalue weighted by Gasteiger charge is -2.29. The molecule has 1 atom stereocenters. The van der Waals surface area contributed by atoms with Crippen molar-refractivity contribution >= 4 is 5.95 Å². The fraction of sp³-hybridized carbons (Fsp3) is 0.333. The molecule has 3 heterocycles. The van der Waals surface area contributed by atoms with Gasteiger partial charge in [0.25, 0.3) is 0 Å². The predicted molar refractivity (Wildman–Crippen MR) is 76.1 cm³/mol. The van der Waals surface area contributed by atoms with E-state index in [9.17, 15) is 5.11 Å². The van der Waals surface area contributed by atoms with Gasteiger partial charge in [-0.15, -0.1) is 0 Å². The molecule has 2 aliphatic rings. The number of morpholine rings is 1. The van der Waals surface area contributed by atoms with Gasteiger partial charge in [-0.25, -0.2) is 9.97 Å². The Kier molecular flexibility index (Phi) is 2.98. The number of rotatable bonds is 1. The van der Waals surface area contributed by atoms with Crippen molar-refractivity contribution in [1.29, 1.82) is 0 Å². The first-order chi connectivity index (χ1) is 10.3. The molecule has 1 unspecified atom stereocenters. The molecular weight excluding hydrogens is 270 g/mol. The van der Waals surface area contributed by atoms with Crippen LogP contribution in [0.3, 0.4) is 0 Å². The minimum absolute atomic E-state index is 0.603. The fourth-order valence-corrected chi connectivity index (χ4v) is 2.64. The van der Waals surface area contributed by atoms with E-state index in [4.69, 9.17) is 9.47 Å². The van der Waals surface area contributed by atoms with Gasteiger partial charge in [0.15, 0.2) is 0 Å². The van der Waals surface area contributed by atoms with Crippen LogP contribution in [0.5, 0.6) is 5.75 Å². The quantitative estimate of drug-likeness (QED) is 0.853. The van der Waals surface area contributed by atoms with Crippen LogP contribution in [-0.2, 0) is 4.74 Å². The molecule has 1 fully saturated rings. The lowest BCUT2D eigenvalue weighted by Crippen LogP contribution is -2.37. The molecule has 4 rings (SSSR count). The van der Waals surface area contributed by atoms with E-state index in [1.54, 1.807) is 6.20 Å². The van der Waals surface area contributed by atoms with Crippen LogP contribution in [0, 0.1) is 0 Å². The Morgan fingerprint density at radius 2 is 2.00 bits per heavy atom. The summed E-state index contributed by atoms with van der Waals surface area (Å²) in [5, 5.41) is 10.1. The summed E-state index contributed by atoms with van der Waals surface area (Å²) in [6, 6.07) is 7.58. The lowest BCUT2D eigenvalue weighted by atomic mass is 10.0. The number of anilines is 1. The number of ether oxygens (including phenoxy) is 2. The van der Waals surface area contributed by atoms with Crippen molar-refractivity contribution in [2.45, 2.75) is 6.29 Å². The molecule has 2 aliphatic heterocycles. The smallest absolute Gasteiger partial charge is 0.227 e. The van der Waals surface area contributed by atoms with Crippen molar-refractivity contribution in [3.63, 3.8) is 0 Å². The molecular formula is C15H15N3O3. The highest BCUT2D eigenvalue weighted by Gasteiger charge is 2.27. The standard InChI is InChI=1S/C15H15N3O3/c19-14-11-9-16-15(18-5-7-20-8-6-18)17-13(11)10-3-1-2-4-12(10)21-14/h1-4,9,14,19H,5-8H2. The first-order valence-electron chi connectivity index (χ1n) is 6.97. The Morgan fingerprint density at radius 1 is 1.19 bits per heavy atom. The minimum Gasteiger partial charge on any atom is -0.460 e. The van der Waals surface area contributed by atoms with Gasteiger partial charge in [-0.05, 0) is 12.1 Å². The van der Waals surface area contributed by atoms with Crippen LogP contribution in [0.25, 0.3) is 11.3 Å². The third-order valence-electron chi connectivity index (χ3n) is 3.75. The van der Waals surface area contributed by atoms with Crippen LogP contribution in [0.15, 0.2) is 30.5 Å². The van der Waals surface area contributed by atoms with E-state index in [-0.39, 0.29) is 0 Å². The van der Waals surface area contributed by atoms with Crippen molar-refractivity contribution in [3.05, 3.63) is 36.0 Å². The Morgan fingerprint density at radius 3 is 2.86 bits per heavy atom. The number of para-hydroxylation sites is 1. The maximum Gasteiger partial charge on any atom is 0.227 e. The van der Waals surface area contributed by atoms with E-state index in [1.165, 1.54) is 0 Å². The average molecular weight is 285 g/mol. The second-order valence-corrected chi connectivity index (χ2v) is 5.04. The van der Waals surface area contributed by atoms with Gasteiger partial charge in [0, 0.05) is 24.8 Å². The average Bonchev–Trinajstić information content (AvgIpc) is 2.55. The van der Waals surface area contributed by atoms with Crippen LogP contribution < -0.4 is 9.64 Å². The molecule has 6 nitrogen and oxygen atoms in total. The summed E-state index contributed by atoms with van der Waals surface area (Å²) in [4.78, 5) is 11.1. The topological polar surface area (TPSA) is 67.7 Å².